The third-order valence-corrected chi connectivity index (χ3v) is 2.46. The number of esters is 2. The van der Waals surface area contributed by atoms with Gasteiger partial charge in [-0.2, -0.15) is 0 Å². The van der Waals surface area contributed by atoms with Gasteiger partial charge in [-0.15, -0.1) is 0 Å². The van der Waals surface area contributed by atoms with E-state index < -0.39 is 11.9 Å². The maximum atomic E-state index is 10.8. The minimum absolute atomic E-state index is 0.0816. The quantitative estimate of drug-likeness (QED) is 0.413. The molecule has 19 heavy (non-hydrogen) atoms. The zero-order valence-electron chi connectivity index (χ0n) is 11.5. The van der Waals surface area contributed by atoms with Gasteiger partial charge < -0.3 is 9.47 Å². The Morgan fingerprint density at radius 1 is 1.00 bits per heavy atom. The van der Waals surface area contributed by atoms with Crippen LogP contribution >= 0.6 is 15.9 Å². The number of alkyl halides is 1. The Balaban J connectivity index is 0. The molecule has 0 fully saturated rings. The molecule has 0 aromatic carbocycles. The average Bonchev–Trinajstić information content (AvgIpc) is 2.38. The van der Waals surface area contributed by atoms with E-state index in [1.165, 1.54) is 14.2 Å². The van der Waals surface area contributed by atoms with Crippen LogP contribution in [-0.2, 0) is 28.7 Å². The smallest absolute Gasteiger partial charge is 0.313 e. The van der Waals surface area contributed by atoms with Crippen LogP contribution in [0.25, 0.3) is 0 Å². The van der Waals surface area contributed by atoms with Crippen LogP contribution in [0.5, 0.6) is 0 Å². The molecule has 7 heteroatoms. The maximum absolute atomic E-state index is 10.8. The van der Waals surface area contributed by atoms with E-state index in [9.17, 15) is 19.2 Å². The van der Waals surface area contributed by atoms with Crippen molar-refractivity contribution >= 4 is 39.4 Å². The van der Waals surface area contributed by atoms with E-state index in [1.807, 2.05) is 0 Å². The van der Waals surface area contributed by atoms with Crippen LogP contribution in [0.4, 0.5) is 0 Å². The first-order valence-corrected chi connectivity index (χ1v) is 6.52. The van der Waals surface area contributed by atoms with E-state index in [2.05, 4.69) is 25.4 Å². The fourth-order valence-electron chi connectivity index (χ4n) is 0.713. The Morgan fingerprint density at radius 3 is 1.74 bits per heavy atom. The highest BCUT2D eigenvalue weighted by atomic mass is 79.9. The highest BCUT2D eigenvalue weighted by Gasteiger charge is 2.13. The molecule has 0 bridgehead atoms. The molecule has 1 atom stereocenters. The lowest BCUT2D eigenvalue weighted by Gasteiger charge is -1.99. The molecule has 0 saturated carbocycles. The second-order valence-corrected chi connectivity index (χ2v) is 4.85. The summed E-state index contributed by atoms with van der Waals surface area (Å²) in [6.07, 6.45) is 0.158. The van der Waals surface area contributed by atoms with Crippen molar-refractivity contribution in [3.8, 4) is 0 Å². The van der Waals surface area contributed by atoms with Gasteiger partial charge in [0.15, 0.2) is 5.78 Å². The van der Waals surface area contributed by atoms with Crippen LogP contribution in [0.3, 0.4) is 0 Å². The van der Waals surface area contributed by atoms with Crippen molar-refractivity contribution in [3.63, 3.8) is 0 Å². The minimum Gasteiger partial charge on any atom is -0.469 e. The van der Waals surface area contributed by atoms with E-state index in [0.29, 0.717) is 6.42 Å². The van der Waals surface area contributed by atoms with E-state index in [0.717, 1.165) is 0 Å². The molecule has 0 radical (unpaired) electrons. The first-order valence-electron chi connectivity index (χ1n) is 5.60. The molecule has 0 aliphatic heterocycles. The third-order valence-electron chi connectivity index (χ3n) is 1.95. The Bertz CT molecular complexity index is 310. The summed E-state index contributed by atoms with van der Waals surface area (Å²) in [5, 5.41) is 0. The van der Waals surface area contributed by atoms with Crippen LogP contribution < -0.4 is 0 Å². The van der Waals surface area contributed by atoms with Crippen molar-refractivity contribution in [2.24, 2.45) is 0 Å². The maximum Gasteiger partial charge on any atom is 0.313 e. The predicted octanol–water partition coefficient (Wildman–Crippen LogP) is 1.43. The zero-order chi connectivity index (χ0) is 15.4. The Hall–Kier alpha value is -1.24. The molecule has 0 amide bonds. The van der Waals surface area contributed by atoms with E-state index in [-0.39, 0.29) is 29.2 Å². The van der Waals surface area contributed by atoms with Gasteiger partial charge in [0.05, 0.1) is 19.0 Å². The van der Waals surface area contributed by atoms with E-state index >= 15 is 0 Å². The molecule has 0 aromatic rings. The van der Waals surface area contributed by atoms with Gasteiger partial charge in [0, 0.05) is 6.42 Å². The van der Waals surface area contributed by atoms with Gasteiger partial charge in [-0.1, -0.05) is 22.9 Å². The third kappa shape index (κ3) is 13.0. The molecule has 0 aromatic heterocycles. The molecule has 0 aliphatic carbocycles. The largest absolute Gasteiger partial charge is 0.469 e. The second-order valence-electron chi connectivity index (χ2n) is 3.48. The molecule has 0 N–H and O–H groups in total. The summed E-state index contributed by atoms with van der Waals surface area (Å²) >= 11 is 3.04. The molecule has 1 unspecified atom stereocenters. The van der Waals surface area contributed by atoms with Crippen molar-refractivity contribution in [2.75, 3.05) is 14.2 Å². The summed E-state index contributed by atoms with van der Waals surface area (Å²) in [6.45, 7) is 3.39. The van der Waals surface area contributed by atoms with Gasteiger partial charge in [-0.05, 0) is 6.92 Å². The van der Waals surface area contributed by atoms with Gasteiger partial charge in [-0.3, -0.25) is 19.2 Å². The number of rotatable bonds is 6. The molecule has 6 nitrogen and oxygen atoms in total. The molecule has 0 saturated heterocycles. The van der Waals surface area contributed by atoms with Crippen molar-refractivity contribution in [2.45, 2.75) is 37.9 Å². The molecular formula is C12H19BrO6. The van der Waals surface area contributed by atoms with Crippen LogP contribution in [0.2, 0.25) is 0 Å². The average molecular weight is 339 g/mol. The lowest BCUT2D eigenvalue weighted by Crippen LogP contribution is -2.15. The van der Waals surface area contributed by atoms with Crippen molar-refractivity contribution < 1.29 is 28.7 Å². The lowest BCUT2D eigenvalue weighted by atomic mass is 10.2. The summed E-state index contributed by atoms with van der Waals surface area (Å²) in [5.74, 6) is -1.19. The van der Waals surface area contributed by atoms with Gasteiger partial charge >= 0.3 is 11.9 Å². The van der Waals surface area contributed by atoms with E-state index in [1.54, 1.807) is 13.8 Å². The van der Waals surface area contributed by atoms with Crippen molar-refractivity contribution in [3.05, 3.63) is 0 Å². The number of Topliss-reactive ketones (excluding diaryl/α,β-unsaturated/α-hetero) is 2. The van der Waals surface area contributed by atoms with Crippen molar-refractivity contribution in [1.82, 2.24) is 0 Å². The standard InChI is InChI=1S/C6H9BrO3.C6H10O3/c1-4(7)5(8)3-6(9)10-2;1-3-5(7)4-6(8)9-2/h4H,3H2,1-2H3;3-4H2,1-2H3. The Labute approximate surface area is 121 Å². The van der Waals surface area contributed by atoms with Crippen LogP contribution in [-0.4, -0.2) is 42.6 Å². The molecule has 110 valence electrons. The number of methoxy groups -OCH3 is 2. The number of carbonyl (C=O) groups excluding carboxylic acids is 4. The SMILES string of the molecule is CCC(=O)CC(=O)OC.COC(=O)CC(=O)C(C)Br. The van der Waals surface area contributed by atoms with Crippen LogP contribution in [0, 0.1) is 0 Å². The second kappa shape index (κ2) is 11.8. The van der Waals surface area contributed by atoms with Gasteiger partial charge in [0.1, 0.15) is 18.6 Å². The highest BCUT2D eigenvalue weighted by Crippen LogP contribution is 2.02. The van der Waals surface area contributed by atoms with Gasteiger partial charge in [0.25, 0.3) is 0 Å². The fraction of sp³-hybridized carbons (Fsp3) is 0.667. The zero-order valence-corrected chi connectivity index (χ0v) is 13.1. The summed E-state index contributed by atoms with van der Waals surface area (Å²) in [6, 6.07) is 0. The number of hydrogen-bond acceptors (Lipinski definition) is 6. The molecule has 0 heterocycles. The number of hydrogen-bond donors (Lipinski definition) is 0. The summed E-state index contributed by atoms with van der Waals surface area (Å²) < 4.78 is 8.55. The summed E-state index contributed by atoms with van der Waals surface area (Å²) in [4.78, 5) is 41.8. The molecular weight excluding hydrogens is 320 g/mol. The first-order chi connectivity index (χ1) is 8.78. The van der Waals surface area contributed by atoms with Gasteiger partial charge in [-0.25, -0.2) is 0 Å². The Morgan fingerprint density at radius 2 is 1.42 bits per heavy atom. The topological polar surface area (TPSA) is 86.7 Å². The fourth-order valence-corrected chi connectivity index (χ4v) is 0.875. The normalized spacial score (nSPS) is 10.6. The van der Waals surface area contributed by atoms with Crippen molar-refractivity contribution in [1.29, 1.82) is 0 Å². The summed E-state index contributed by atoms with van der Waals surface area (Å²) in [7, 11) is 2.53. The molecule has 0 spiro atoms. The minimum atomic E-state index is -0.490. The molecule has 0 rings (SSSR count). The lowest BCUT2D eigenvalue weighted by molar-refractivity contribution is -0.144. The van der Waals surface area contributed by atoms with Crippen LogP contribution in [0.1, 0.15) is 33.1 Å². The number of carbonyl (C=O) groups is 4. The first kappa shape index (κ1) is 20.1. The summed E-state index contributed by atoms with van der Waals surface area (Å²) in [5.41, 5.74) is 0. The number of ether oxygens (including phenoxy) is 2. The predicted molar refractivity (Wildman–Crippen MR) is 72.0 cm³/mol. The molecule has 0 aliphatic rings. The van der Waals surface area contributed by atoms with E-state index in [4.69, 9.17) is 0 Å². The number of ketones is 2. The van der Waals surface area contributed by atoms with Crippen LogP contribution in [0.15, 0.2) is 0 Å². The Kier molecular flexibility index (Phi) is 12.5. The van der Waals surface area contributed by atoms with Gasteiger partial charge in [0.2, 0.25) is 0 Å². The number of halogens is 1. The monoisotopic (exact) mass is 338 g/mol. The highest BCUT2D eigenvalue weighted by molar-refractivity contribution is 9.10.